The monoisotopic (exact) mass is 432 g/mol. The summed E-state index contributed by atoms with van der Waals surface area (Å²) in [5.41, 5.74) is 3.67. The lowest BCUT2D eigenvalue weighted by atomic mass is 9.95. The van der Waals surface area contributed by atoms with Gasteiger partial charge in [0, 0.05) is 31.9 Å². The number of phenolic OH excluding ortho intramolecular Hbond substituents is 1. The molecular weight excluding hydrogens is 400 g/mol. The third kappa shape index (κ3) is 4.35. The summed E-state index contributed by atoms with van der Waals surface area (Å²) in [6, 6.07) is 16.8. The number of hydrogen-bond acceptors (Lipinski definition) is 6. The van der Waals surface area contributed by atoms with Gasteiger partial charge in [-0.1, -0.05) is 49.1 Å². The fourth-order valence-corrected chi connectivity index (χ4v) is 5.14. The number of rotatable bonds is 5. The first-order chi connectivity index (χ1) is 15.7. The number of piperazine rings is 1. The van der Waals surface area contributed by atoms with Gasteiger partial charge in [-0.05, 0) is 60.0 Å². The summed E-state index contributed by atoms with van der Waals surface area (Å²) in [7, 11) is 0. The van der Waals surface area contributed by atoms with Gasteiger partial charge in [0.05, 0.1) is 12.1 Å². The number of tetrazole rings is 1. The van der Waals surface area contributed by atoms with E-state index >= 15 is 0 Å². The van der Waals surface area contributed by atoms with E-state index < -0.39 is 0 Å². The van der Waals surface area contributed by atoms with E-state index in [1.807, 2.05) is 12.1 Å². The summed E-state index contributed by atoms with van der Waals surface area (Å²) in [4.78, 5) is 4.90. The van der Waals surface area contributed by atoms with E-state index in [9.17, 15) is 5.11 Å². The van der Waals surface area contributed by atoms with Crippen LogP contribution in [-0.4, -0.2) is 56.4 Å². The molecule has 7 nitrogen and oxygen atoms in total. The predicted molar refractivity (Wildman–Crippen MR) is 125 cm³/mol. The average molecular weight is 433 g/mol. The fourth-order valence-electron chi connectivity index (χ4n) is 5.14. The van der Waals surface area contributed by atoms with Crippen molar-refractivity contribution in [2.45, 2.75) is 51.1 Å². The molecule has 5 rings (SSSR count). The zero-order chi connectivity index (χ0) is 21.9. The first kappa shape index (κ1) is 20.9. The molecule has 1 saturated carbocycles. The summed E-state index contributed by atoms with van der Waals surface area (Å²) in [5, 5.41) is 22.8. The molecule has 0 unspecified atom stereocenters. The lowest BCUT2D eigenvalue weighted by molar-refractivity contribution is 0.193. The van der Waals surface area contributed by atoms with Crippen molar-refractivity contribution in [3.63, 3.8) is 0 Å². The van der Waals surface area contributed by atoms with Gasteiger partial charge in [0.1, 0.15) is 5.75 Å². The first-order valence-electron chi connectivity index (χ1n) is 11.8. The second-order valence-electron chi connectivity index (χ2n) is 9.13. The van der Waals surface area contributed by atoms with Crippen LogP contribution in [0, 0.1) is 6.92 Å². The Morgan fingerprint density at radius 3 is 2.25 bits per heavy atom. The van der Waals surface area contributed by atoms with E-state index in [1.165, 1.54) is 30.4 Å². The van der Waals surface area contributed by atoms with Crippen molar-refractivity contribution >= 4 is 5.69 Å². The molecule has 0 spiro atoms. The van der Waals surface area contributed by atoms with E-state index in [0.717, 1.165) is 50.5 Å². The summed E-state index contributed by atoms with van der Waals surface area (Å²) < 4.78 is 2.12. The van der Waals surface area contributed by atoms with Crippen molar-refractivity contribution in [3.8, 4) is 5.75 Å². The molecule has 1 saturated heterocycles. The van der Waals surface area contributed by atoms with Crippen molar-refractivity contribution in [3.05, 3.63) is 65.5 Å². The number of aromatic nitrogens is 4. The highest BCUT2D eigenvalue weighted by Crippen LogP contribution is 2.34. The lowest BCUT2D eigenvalue weighted by Gasteiger charge is -2.40. The van der Waals surface area contributed by atoms with Gasteiger partial charge in [-0.2, -0.15) is 0 Å². The second kappa shape index (κ2) is 9.28. The smallest absolute Gasteiger partial charge is 0.173 e. The number of anilines is 1. The van der Waals surface area contributed by atoms with E-state index in [-0.39, 0.29) is 6.04 Å². The maximum atomic E-state index is 9.61. The Kier molecular flexibility index (Phi) is 6.08. The zero-order valence-corrected chi connectivity index (χ0v) is 18.8. The number of nitrogens with zero attached hydrogens (tertiary/aromatic N) is 6. The van der Waals surface area contributed by atoms with Gasteiger partial charge in [-0.15, -0.1) is 5.10 Å². The number of aromatic hydroxyl groups is 1. The van der Waals surface area contributed by atoms with Gasteiger partial charge in [0.15, 0.2) is 5.82 Å². The molecule has 3 aromatic rings. The molecule has 1 aromatic heterocycles. The van der Waals surface area contributed by atoms with Crippen LogP contribution in [0.1, 0.15) is 61.1 Å². The maximum Gasteiger partial charge on any atom is 0.173 e. The standard InChI is InChI=1S/C25H32N6O/c1-19-7-9-20(10-8-19)24(25-26-27-28-31(25)22-5-3-2-4-6-22)30-17-15-29(16-18-30)21-11-13-23(32)14-12-21/h7-14,22,24,32H,2-6,15-18H2,1H3/t24-/m0/s1. The summed E-state index contributed by atoms with van der Waals surface area (Å²) in [6.45, 7) is 5.84. The molecule has 2 fully saturated rings. The summed E-state index contributed by atoms with van der Waals surface area (Å²) in [5.74, 6) is 1.28. The highest BCUT2D eigenvalue weighted by molar-refractivity contribution is 5.49. The number of benzene rings is 2. The van der Waals surface area contributed by atoms with Gasteiger partial charge < -0.3 is 10.0 Å². The van der Waals surface area contributed by atoms with Gasteiger partial charge in [0.2, 0.25) is 0 Å². The van der Waals surface area contributed by atoms with Crippen LogP contribution in [-0.2, 0) is 0 Å². The second-order valence-corrected chi connectivity index (χ2v) is 9.13. The molecule has 1 atom stereocenters. The van der Waals surface area contributed by atoms with E-state index in [4.69, 9.17) is 0 Å². The van der Waals surface area contributed by atoms with Crippen molar-refractivity contribution in [1.29, 1.82) is 0 Å². The minimum Gasteiger partial charge on any atom is -0.508 e. The lowest BCUT2D eigenvalue weighted by Crippen LogP contribution is -2.48. The van der Waals surface area contributed by atoms with E-state index in [2.05, 4.69) is 61.2 Å². The molecule has 168 valence electrons. The summed E-state index contributed by atoms with van der Waals surface area (Å²) >= 11 is 0. The van der Waals surface area contributed by atoms with Gasteiger partial charge in [-0.3, -0.25) is 4.90 Å². The van der Waals surface area contributed by atoms with Gasteiger partial charge in [-0.25, -0.2) is 4.68 Å². The highest BCUT2D eigenvalue weighted by Gasteiger charge is 2.32. The minimum atomic E-state index is 0.0505. The van der Waals surface area contributed by atoms with E-state index in [1.54, 1.807) is 12.1 Å². The summed E-state index contributed by atoms with van der Waals surface area (Å²) in [6.07, 6.45) is 6.14. The minimum absolute atomic E-state index is 0.0505. The molecule has 1 aliphatic carbocycles. The van der Waals surface area contributed by atoms with Crippen molar-refractivity contribution in [2.75, 3.05) is 31.1 Å². The zero-order valence-electron chi connectivity index (χ0n) is 18.8. The van der Waals surface area contributed by atoms with Crippen LogP contribution in [0.3, 0.4) is 0 Å². The average Bonchev–Trinajstić information content (AvgIpc) is 3.31. The van der Waals surface area contributed by atoms with Crippen molar-refractivity contribution in [2.24, 2.45) is 0 Å². The molecule has 2 aliphatic rings. The predicted octanol–water partition coefficient (Wildman–Crippen LogP) is 4.10. The van der Waals surface area contributed by atoms with Crippen LogP contribution >= 0.6 is 0 Å². The Labute approximate surface area is 189 Å². The van der Waals surface area contributed by atoms with Crippen LogP contribution < -0.4 is 4.90 Å². The molecule has 1 N–H and O–H groups in total. The number of phenols is 1. The van der Waals surface area contributed by atoms with Gasteiger partial charge in [0.25, 0.3) is 0 Å². The van der Waals surface area contributed by atoms with Crippen LogP contribution in [0.15, 0.2) is 48.5 Å². The fraction of sp³-hybridized carbons (Fsp3) is 0.480. The SMILES string of the molecule is Cc1ccc([C@@H](c2nnnn2C2CCCCC2)N2CCN(c3ccc(O)cc3)CC2)cc1. The maximum absolute atomic E-state index is 9.61. The highest BCUT2D eigenvalue weighted by atomic mass is 16.3. The first-order valence-corrected chi connectivity index (χ1v) is 11.8. The molecule has 2 aromatic carbocycles. The molecule has 0 amide bonds. The topological polar surface area (TPSA) is 70.3 Å². The van der Waals surface area contributed by atoms with Gasteiger partial charge >= 0.3 is 0 Å². The Bertz CT molecular complexity index is 1000. The number of hydrogen-bond donors (Lipinski definition) is 1. The molecule has 7 heteroatoms. The van der Waals surface area contributed by atoms with Crippen LogP contribution in [0.4, 0.5) is 5.69 Å². The van der Waals surface area contributed by atoms with Crippen LogP contribution in [0.2, 0.25) is 0 Å². The van der Waals surface area contributed by atoms with Crippen LogP contribution in [0.25, 0.3) is 0 Å². The Balaban J connectivity index is 1.41. The Morgan fingerprint density at radius 1 is 0.875 bits per heavy atom. The quantitative estimate of drug-likeness (QED) is 0.654. The molecule has 2 heterocycles. The largest absolute Gasteiger partial charge is 0.508 e. The molecule has 1 aliphatic heterocycles. The van der Waals surface area contributed by atoms with E-state index in [0.29, 0.717) is 11.8 Å². The molecular formula is C25H32N6O. The molecule has 0 radical (unpaired) electrons. The van der Waals surface area contributed by atoms with Crippen molar-refractivity contribution in [1.82, 2.24) is 25.1 Å². The van der Waals surface area contributed by atoms with Crippen LogP contribution in [0.5, 0.6) is 5.75 Å². The molecule has 32 heavy (non-hydrogen) atoms. The third-order valence-corrected chi connectivity index (χ3v) is 6.97. The normalized spacial score (nSPS) is 19.2. The Hall–Kier alpha value is -2.93. The van der Waals surface area contributed by atoms with Crippen molar-refractivity contribution < 1.29 is 5.11 Å². The Morgan fingerprint density at radius 2 is 1.56 bits per heavy atom. The molecule has 0 bridgehead atoms. The third-order valence-electron chi connectivity index (χ3n) is 6.97. The number of aryl methyl sites for hydroxylation is 1.